The predicted octanol–water partition coefficient (Wildman–Crippen LogP) is 5.36. The van der Waals surface area contributed by atoms with Crippen molar-refractivity contribution in [1.29, 1.82) is 0 Å². The van der Waals surface area contributed by atoms with Gasteiger partial charge in [-0.1, -0.05) is 60.7 Å². The third-order valence-corrected chi connectivity index (χ3v) is 4.40. The first-order valence-electron chi connectivity index (χ1n) is 8.92. The molecule has 0 spiro atoms. The van der Waals surface area contributed by atoms with Crippen LogP contribution < -0.4 is 9.64 Å². The Bertz CT molecular complexity index is 915. The quantitative estimate of drug-likeness (QED) is 0.594. The Morgan fingerprint density at radius 2 is 1.59 bits per heavy atom. The van der Waals surface area contributed by atoms with E-state index in [1.165, 1.54) is 0 Å². The van der Waals surface area contributed by atoms with Crippen LogP contribution in [-0.2, 0) is 0 Å². The number of carbonyl (C=O) groups is 1. The number of benzene rings is 3. The summed E-state index contributed by atoms with van der Waals surface area (Å²) in [5.74, 6) is 0.748. The zero-order valence-electron chi connectivity index (χ0n) is 15.6. The first kappa shape index (κ1) is 18.5. The van der Waals surface area contributed by atoms with Crippen LogP contribution in [0.3, 0.4) is 0 Å². The lowest BCUT2D eigenvalue weighted by Crippen LogP contribution is -2.31. The summed E-state index contributed by atoms with van der Waals surface area (Å²) < 4.78 is 5.23. The van der Waals surface area contributed by atoms with Crippen molar-refractivity contribution in [3.05, 3.63) is 102 Å². The van der Waals surface area contributed by atoms with E-state index in [0.717, 1.165) is 22.6 Å². The maximum absolute atomic E-state index is 13.2. The second-order valence-corrected chi connectivity index (χ2v) is 6.24. The molecule has 0 radical (unpaired) electrons. The Morgan fingerprint density at radius 3 is 2.26 bits per heavy atom. The second-order valence-electron chi connectivity index (χ2n) is 6.24. The molecule has 0 saturated carbocycles. The Balaban J connectivity index is 1.89. The van der Waals surface area contributed by atoms with Gasteiger partial charge in [-0.15, -0.1) is 0 Å². The number of anilines is 1. The molecule has 0 bridgehead atoms. The molecule has 3 heteroatoms. The van der Waals surface area contributed by atoms with Crippen molar-refractivity contribution in [3.8, 4) is 5.75 Å². The number of carbonyl (C=O) groups excluding carboxylic acids is 1. The van der Waals surface area contributed by atoms with Gasteiger partial charge in [0.1, 0.15) is 5.75 Å². The molecular formula is C24H23NO2. The van der Waals surface area contributed by atoms with Gasteiger partial charge in [0, 0.05) is 17.8 Å². The van der Waals surface area contributed by atoms with Crippen LogP contribution in [0.4, 0.5) is 5.69 Å². The standard InChI is InChI=1S/C24H23NO2/c1-19-9-6-7-13-23(19)24(26)25(21-14-16-22(27-2)17-15-21)18-8-12-20-10-4-3-5-11-20/h3-17H,18H2,1-2H3/b12-8+. The molecule has 3 nitrogen and oxygen atoms in total. The van der Waals surface area contributed by atoms with Crippen LogP contribution in [0.1, 0.15) is 21.5 Å². The van der Waals surface area contributed by atoms with E-state index in [1.807, 2.05) is 97.9 Å². The first-order valence-corrected chi connectivity index (χ1v) is 8.92. The lowest BCUT2D eigenvalue weighted by molar-refractivity contribution is 0.0989. The molecule has 0 atom stereocenters. The van der Waals surface area contributed by atoms with Gasteiger partial charge in [-0.3, -0.25) is 4.79 Å². The molecule has 0 heterocycles. The maximum atomic E-state index is 13.2. The summed E-state index contributed by atoms with van der Waals surface area (Å²) in [6.45, 7) is 2.44. The summed E-state index contributed by atoms with van der Waals surface area (Å²) in [6, 6.07) is 25.3. The fourth-order valence-electron chi connectivity index (χ4n) is 2.88. The van der Waals surface area contributed by atoms with E-state index in [0.29, 0.717) is 12.1 Å². The Hall–Kier alpha value is -3.33. The van der Waals surface area contributed by atoms with Gasteiger partial charge in [-0.25, -0.2) is 0 Å². The number of hydrogen-bond donors (Lipinski definition) is 0. The van der Waals surface area contributed by atoms with Gasteiger partial charge < -0.3 is 9.64 Å². The van der Waals surface area contributed by atoms with E-state index in [-0.39, 0.29) is 5.91 Å². The third kappa shape index (κ3) is 4.64. The highest BCUT2D eigenvalue weighted by molar-refractivity contribution is 6.07. The van der Waals surface area contributed by atoms with Crippen LogP contribution in [0, 0.1) is 6.92 Å². The summed E-state index contributed by atoms with van der Waals surface area (Å²) in [5.41, 5.74) is 3.62. The minimum Gasteiger partial charge on any atom is -0.497 e. The van der Waals surface area contributed by atoms with Crippen molar-refractivity contribution < 1.29 is 9.53 Å². The van der Waals surface area contributed by atoms with Gasteiger partial charge in [0.2, 0.25) is 0 Å². The highest BCUT2D eigenvalue weighted by atomic mass is 16.5. The normalized spacial score (nSPS) is 10.7. The van der Waals surface area contributed by atoms with Crippen molar-refractivity contribution in [1.82, 2.24) is 0 Å². The summed E-state index contributed by atoms with van der Waals surface area (Å²) in [6.07, 6.45) is 4.04. The van der Waals surface area contributed by atoms with Crippen LogP contribution in [0.15, 0.2) is 84.9 Å². The zero-order valence-corrected chi connectivity index (χ0v) is 15.6. The fourth-order valence-corrected chi connectivity index (χ4v) is 2.88. The SMILES string of the molecule is COc1ccc(N(C/C=C/c2ccccc2)C(=O)c2ccccc2C)cc1. The number of rotatable bonds is 6. The fraction of sp³-hybridized carbons (Fsp3) is 0.125. The Morgan fingerprint density at radius 1 is 0.926 bits per heavy atom. The van der Waals surface area contributed by atoms with Gasteiger partial charge in [-0.2, -0.15) is 0 Å². The number of hydrogen-bond acceptors (Lipinski definition) is 2. The number of methoxy groups -OCH3 is 1. The molecule has 136 valence electrons. The summed E-state index contributed by atoms with van der Waals surface area (Å²) in [5, 5.41) is 0. The van der Waals surface area contributed by atoms with Crippen LogP contribution in [0.5, 0.6) is 5.75 Å². The van der Waals surface area contributed by atoms with Crippen LogP contribution >= 0.6 is 0 Å². The molecule has 0 aliphatic carbocycles. The molecule has 27 heavy (non-hydrogen) atoms. The van der Waals surface area contributed by atoms with E-state index in [9.17, 15) is 4.79 Å². The topological polar surface area (TPSA) is 29.5 Å². The van der Waals surface area contributed by atoms with Crippen molar-refractivity contribution >= 4 is 17.7 Å². The van der Waals surface area contributed by atoms with Crippen LogP contribution in [-0.4, -0.2) is 19.6 Å². The summed E-state index contributed by atoms with van der Waals surface area (Å²) in [7, 11) is 1.63. The van der Waals surface area contributed by atoms with Crippen LogP contribution in [0.2, 0.25) is 0 Å². The molecule has 0 unspecified atom stereocenters. The van der Waals surface area contributed by atoms with Gasteiger partial charge >= 0.3 is 0 Å². The monoisotopic (exact) mass is 357 g/mol. The van der Waals surface area contributed by atoms with Gasteiger partial charge in [0.25, 0.3) is 5.91 Å². The van der Waals surface area contributed by atoms with Crippen molar-refractivity contribution in [2.45, 2.75) is 6.92 Å². The number of aryl methyl sites for hydroxylation is 1. The zero-order chi connectivity index (χ0) is 19.1. The molecule has 3 aromatic rings. The molecule has 0 aliphatic heterocycles. The van der Waals surface area contributed by atoms with Gasteiger partial charge in [-0.05, 0) is 48.4 Å². The molecule has 0 aromatic heterocycles. The van der Waals surface area contributed by atoms with E-state index in [4.69, 9.17) is 4.74 Å². The molecule has 3 aromatic carbocycles. The average Bonchev–Trinajstić information content (AvgIpc) is 2.72. The lowest BCUT2D eigenvalue weighted by atomic mass is 10.1. The number of ether oxygens (including phenoxy) is 1. The van der Waals surface area contributed by atoms with E-state index in [1.54, 1.807) is 12.0 Å². The Kier molecular flexibility index (Phi) is 6.06. The smallest absolute Gasteiger partial charge is 0.258 e. The number of nitrogens with zero attached hydrogens (tertiary/aromatic N) is 1. The average molecular weight is 357 g/mol. The van der Waals surface area contributed by atoms with E-state index in [2.05, 4.69) is 0 Å². The Labute approximate surface area is 160 Å². The number of amides is 1. The van der Waals surface area contributed by atoms with Gasteiger partial charge in [0.05, 0.1) is 7.11 Å². The van der Waals surface area contributed by atoms with Crippen molar-refractivity contribution in [2.24, 2.45) is 0 Å². The maximum Gasteiger partial charge on any atom is 0.258 e. The molecule has 3 rings (SSSR count). The van der Waals surface area contributed by atoms with Crippen LogP contribution in [0.25, 0.3) is 6.08 Å². The van der Waals surface area contributed by atoms with E-state index >= 15 is 0 Å². The molecule has 0 fully saturated rings. The largest absolute Gasteiger partial charge is 0.497 e. The van der Waals surface area contributed by atoms with Crippen molar-refractivity contribution in [2.75, 3.05) is 18.6 Å². The lowest BCUT2D eigenvalue weighted by Gasteiger charge is -2.22. The van der Waals surface area contributed by atoms with Crippen molar-refractivity contribution in [3.63, 3.8) is 0 Å². The first-order chi connectivity index (χ1) is 13.2. The molecule has 0 saturated heterocycles. The molecule has 0 aliphatic rings. The van der Waals surface area contributed by atoms with Gasteiger partial charge in [0.15, 0.2) is 0 Å². The van der Waals surface area contributed by atoms with E-state index < -0.39 is 0 Å². The molecular weight excluding hydrogens is 334 g/mol. The minimum absolute atomic E-state index is 0.0176. The third-order valence-electron chi connectivity index (χ3n) is 4.40. The highest BCUT2D eigenvalue weighted by Gasteiger charge is 2.18. The molecule has 1 amide bonds. The summed E-state index contributed by atoms with van der Waals surface area (Å²) in [4.78, 5) is 15.0. The summed E-state index contributed by atoms with van der Waals surface area (Å²) >= 11 is 0. The second kappa shape index (κ2) is 8.86. The highest BCUT2D eigenvalue weighted by Crippen LogP contribution is 2.22. The predicted molar refractivity (Wildman–Crippen MR) is 111 cm³/mol. The molecule has 0 N–H and O–H groups in total. The minimum atomic E-state index is -0.0176.